The van der Waals surface area contributed by atoms with Crippen LogP contribution >= 0.6 is 0 Å². The average Bonchev–Trinajstić information content (AvgIpc) is 2.82. The summed E-state index contributed by atoms with van der Waals surface area (Å²) < 4.78 is 12.4. The maximum Gasteiger partial charge on any atom is 0.161 e. The van der Waals surface area contributed by atoms with Gasteiger partial charge in [0, 0.05) is 7.05 Å². The second-order valence-electron chi connectivity index (χ2n) is 3.82. The molecule has 2 aromatic rings. The molecule has 18 heavy (non-hydrogen) atoms. The number of aryl methyl sites for hydroxylation is 1. The van der Waals surface area contributed by atoms with E-state index in [1.807, 2.05) is 0 Å². The third-order valence-electron chi connectivity index (χ3n) is 2.44. The minimum atomic E-state index is -0.0270. The molecule has 1 aromatic carbocycles. The minimum Gasteiger partial charge on any atom is -0.493 e. The van der Waals surface area contributed by atoms with Crippen molar-refractivity contribution < 1.29 is 14.6 Å². The molecule has 96 valence electrons. The van der Waals surface area contributed by atoms with Crippen molar-refractivity contribution in [2.24, 2.45) is 7.05 Å². The zero-order valence-electron chi connectivity index (χ0n) is 10.3. The van der Waals surface area contributed by atoms with Crippen LogP contribution in [0.15, 0.2) is 24.4 Å². The molecule has 2 rings (SSSR count). The normalized spacial score (nSPS) is 10.4. The monoisotopic (exact) mass is 249 g/mol. The van der Waals surface area contributed by atoms with Crippen LogP contribution in [0.3, 0.4) is 0 Å². The van der Waals surface area contributed by atoms with Crippen molar-refractivity contribution in [3.8, 4) is 11.5 Å². The fraction of sp³-hybridized carbons (Fsp3) is 0.333. The SMILES string of the molecule is COc1cc(CO)ccc1OCc1cn(C)nn1. The molecule has 0 spiro atoms. The highest BCUT2D eigenvalue weighted by molar-refractivity contribution is 5.42. The number of benzene rings is 1. The molecule has 0 fully saturated rings. The molecular weight excluding hydrogens is 234 g/mol. The van der Waals surface area contributed by atoms with Gasteiger partial charge in [0.15, 0.2) is 11.5 Å². The Morgan fingerprint density at radius 2 is 2.17 bits per heavy atom. The Morgan fingerprint density at radius 3 is 2.78 bits per heavy atom. The Balaban J connectivity index is 2.08. The number of hydrogen-bond acceptors (Lipinski definition) is 5. The van der Waals surface area contributed by atoms with Gasteiger partial charge in [-0.3, -0.25) is 4.68 Å². The summed E-state index contributed by atoms with van der Waals surface area (Å²) in [5, 5.41) is 16.8. The standard InChI is InChI=1S/C12H15N3O3/c1-15-6-10(13-14-15)8-18-11-4-3-9(7-16)5-12(11)17-2/h3-6,16H,7-8H2,1-2H3. The first kappa shape index (κ1) is 12.4. The van der Waals surface area contributed by atoms with E-state index in [1.165, 1.54) is 0 Å². The van der Waals surface area contributed by atoms with E-state index in [-0.39, 0.29) is 6.61 Å². The van der Waals surface area contributed by atoms with Gasteiger partial charge in [0.05, 0.1) is 19.9 Å². The van der Waals surface area contributed by atoms with Gasteiger partial charge >= 0.3 is 0 Å². The number of rotatable bonds is 5. The average molecular weight is 249 g/mol. The molecule has 6 nitrogen and oxygen atoms in total. The van der Waals surface area contributed by atoms with Crippen LogP contribution in [0.2, 0.25) is 0 Å². The van der Waals surface area contributed by atoms with E-state index in [1.54, 1.807) is 43.2 Å². The topological polar surface area (TPSA) is 69.4 Å². The highest BCUT2D eigenvalue weighted by Gasteiger charge is 2.07. The van der Waals surface area contributed by atoms with Crippen LogP contribution in [0.25, 0.3) is 0 Å². The van der Waals surface area contributed by atoms with Crippen molar-refractivity contribution in [2.45, 2.75) is 13.2 Å². The van der Waals surface area contributed by atoms with E-state index in [0.29, 0.717) is 18.1 Å². The fourth-order valence-corrected chi connectivity index (χ4v) is 1.54. The Kier molecular flexibility index (Phi) is 3.78. The molecular formula is C12H15N3O3. The molecule has 0 bridgehead atoms. The summed E-state index contributed by atoms with van der Waals surface area (Å²) in [6, 6.07) is 5.29. The summed E-state index contributed by atoms with van der Waals surface area (Å²) in [4.78, 5) is 0. The Morgan fingerprint density at radius 1 is 1.33 bits per heavy atom. The van der Waals surface area contributed by atoms with Gasteiger partial charge in [0.25, 0.3) is 0 Å². The predicted octanol–water partition coefficient (Wildman–Crippen LogP) is 0.895. The molecule has 0 amide bonds. The van der Waals surface area contributed by atoms with Crippen molar-refractivity contribution in [1.82, 2.24) is 15.0 Å². The highest BCUT2D eigenvalue weighted by Crippen LogP contribution is 2.28. The van der Waals surface area contributed by atoms with Crippen LogP contribution in [-0.2, 0) is 20.3 Å². The van der Waals surface area contributed by atoms with Gasteiger partial charge in [-0.15, -0.1) is 5.10 Å². The number of aliphatic hydroxyl groups is 1. The number of aromatic nitrogens is 3. The maximum absolute atomic E-state index is 9.04. The summed E-state index contributed by atoms with van der Waals surface area (Å²) in [7, 11) is 3.36. The third kappa shape index (κ3) is 2.78. The molecule has 0 aliphatic rings. The number of ether oxygens (including phenoxy) is 2. The number of aliphatic hydroxyl groups excluding tert-OH is 1. The molecule has 0 unspecified atom stereocenters. The lowest BCUT2D eigenvalue weighted by molar-refractivity contribution is 0.272. The van der Waals surface area contributed by atoms with Crippen LogP contribution < -0.4 is 9.47 Å². The molecule has 1 N–H and O–H groups in total. The number of nitrogens with zero attached hydrogens (tertiary/aromatic N) is 3. The number of methoxy groups -OCH3 is 1. The maximum atomic E-state index is 9.04. The molecule has 0 atom stereocenters. The van der Waals surface area contributed by atoms with Gasteiger partial charge in [-0.2, -0.15) is 0 Å². The van der Waals surface area contributed by atoms with Gasteiger partial charge in [-0.1, -0.05) is 11.3 Å². The van der Waals surface area contributed by atoms with Crippen LogP contribution in [0.1, 0.15) is 11.3 Å². The number of hydrogen-bond donors (Lipinski definition) is 1. The van der Waals surface area contributed by atoms with Gasteiger partial charge in [0.1, 0.15) is 12.3 Å². The van der Waals surface area contributed by atoms with Gasteiger partial charge < -0.3 is 14.6 Å². The largest absolute Gasteiger partial charge is 0.493 e. The highest BCUT2D eigenvalue weighted by atomic mass is 16.5. The first-order valence-electron chi connectivity index (χ1n) is 5.48. The lowest BCUT2D eigenvalue weighted by Gasteiger charge is -2.10. The quantitative estimate of drug-likeness (QED) is 0.852. The molecule has 0 aliphatic heterocycles. The molecule has 1 heterocycles. The lowest BCUT2D eigenvalue weighted by atomic mass is 10.2. The van der Waals surface area contributed by atoms with Crippen molar-refractivity contribution in [3.63, 3.8) is 0 Å². The van der Waals surface area contributed by atoms with E-state index < -0.39 is 0 Å². The van der Waals surface area contributed by atoms with Crippen molar-refractivity contribution in [2.75, 3.05) is 7.11 Å². The predicted molar refractivity (Wildman–Crippen MR) is 64.3 cm³/mol. The summed E-state index contributed by atoms with van der Waals surface area (Å²) in [6.45, 7) is 0.295. The first-order valence-corrected chi connectivity index (χ1v) is 5.48. The van der Waals surface area contributed by atoms with Crippen LogP contribution in [0.4, 0.5) is 0 Å². The van der Waals surface area contributed by atoms with Crippen molar-refractivity contribution in [3.05, 3.63) is 35.7 Å². The van der Waals surface area contributed by atoms with Gasteiger partial charge in [-0.25, -0.2) is 0 Å². The molecule has 0 radical (unpaired) electrons. The Labute approximate surface area is 105 Å². The van der Waals surface area contributed by atoms with E-state index in [4.69, 9.17) is 14.6 Å². The fourth-order valence-electron chi connectivity index (χ4n) is 1.54. The molecule has 0 saturated heterocycles. The summed E-state index contributed by atoms with van der Waals surface area (Å²) in [5.74, 6) is 1.20. The van der Waals surface area contributed by atoms with Gasteiger partial charge in [0.2, 0.25) is 0 Å². The van der Waals surface area contributed by atoms with Crippen molar-refractivity contribution >= 4 is 0 Å². The van der Waals surface area contributed by atoms with Crippen LogP contribution in [0, 0.1) is 0 Å². The molecule has 1 aromatic heterocycles. The van der Waals surface area contributed by atoms with E-state index >= 15 is 0 Å². The van der Waals surface area contributed by atoms with Gasteiger partial charge in [-0.05, 0) is 17.7 Å². The lowest BCUT2D eigenvalue weighted by Crippen LogP contribution is -1.99. The van der Waals surface area contributed by atoms with Crippen molar-refractivity contribution in [1.29, 1.82) is 0 Å². The zero-order chi connectivity index (χ0) is 13.0. The zero-order valence-corrected chi connectivity index (χ0v) is 10.3. The van der Waals surface area contributed by atoms with E-state index in [9.17, 15) is 0 Å². The molecule has 6 heteroatoms. The third-order valence-corrected chi connectivity index (χ3v) is 2.44. The second-order valence-corrected chi connectivity index (χ2v) is 3.82. The Hall–Kier alpha value is -2.08. The smallest absolute Gasteiger partial charge is 0.161 e. The Bertz CT molecular complexity index is 525. The van der Waals surface area contributed by atoms with E-state index in [0.717, 1.165) is 11.3 Å². The van der Waals surface area contributed by atoms with Crippen LogP contribution in [0.5, 0.6) is 11.5 Å². The molecule has 0 aliphatic carbocycles. The van der Waals surface area contributed by atoms with Crippen LogP contribution in [-0.4, -0.2) is 27.2 Å². The second kappa shape index (κ2) is 5.50. The molecule has 0 saturated carbocycles. The van der Waals surface area contributed by atoms with E-state index in [2.05, 4.69) is 10.3 Å². The first-order chi connectivity index (χ1) is 8.72. The summed E-state index contributed by atoms with van der Waals surface area (Å²) >= 11 is 0. The summed E-state index contributed by atoms with van der Waals surface area (Å²) in [6.07, 6.45) is 1.79. The minimum absolute atomic E-state index is 0.0270. The summed E-state index contributed by atoms with van der Waals surface area (Å²) in [5.41, 5.74) is 1.52.